The van der Waals surface area contributed by atoms with E-state index in [9.17, 15) is 4.79 Å². The summed E-state index contributed by atoms with van der Waals surface area (Å²) in [7, 11) is 1.96. The predicted molar refractivity (Wildman–Crippen MR) is 98.1 cm³/mol. The van der Waals surface area contributed by atoms with Crippen LogP contribution in [0, 0.1) is 0 Å². The summed E-state index contributed by atoms with van der Waals surface area (Å²) in [6, 6.07) is 10.2. The fourth-order valence-electron chi connectivity index (χ4n) is 2.52. The molecule has 0 aliphatic carbocycles. The van der Waals surface area contributed by atoms with E-state index < -0.39 is 0 Å². The molecule has 0 unspecified atom stereocenters. The monoisotopic (exact) mass is 346 g/mol. The molecule has 1 amide bonds. The maximum atomic E-state index is 12.4. The van der Waals surface area contributed by atoms with Gasteiger partial charge in [0.25, 0.3) is 0 Å². The van der Waals surface area contributed by atoms with Crippen LogP contribution in [0.3, 0.4) is 0 Å². The maximum absolute atomic E-state index is 12.4. The number of nitrogens with zero attached hydrogens (tertiary/aromatic N) is 4. The second-order valence-electron chi connectivity index (χ2n) is 5.79. The number of carbonyl (C=O) groups is 1. The third-order valence-corrected chi connectivity index (χ3v) is 4.80. The normalized spacial score (nSPS) is 10.8. The van der Waals surface area contributed by atoms with Crippen LogP contribution in [0.2, 0.25) is 0 Å². The number of amides is 1. The van der Waals surface area contributed by atoms with Crippen LogP contribution in [-0.2, 0) is 18.3 Å². The number of carbonyl (C=O) groups excluding carboxylic acids is 1. The van der Waals surface area contributed by atoms with E-state index in [1.54, 1.807) is 0 Å². The van der Waals surface area contributed by atoms with E-state index in [2.05, 4.69) is 36.2 Å². The highest BCUT2D eigenvalue weighted by Gasteiger charge is 2.15. The van der Waals surface area contributed by atoms with Crippen LogP contribution in [0.1, 0.15) is 38.1 Å². The van der Waals surface area contributed by atoms with Crippen molar-refractivity contribution in [1.29, 1.82) is 0 Å². The first kappa shape index (κ1) is 18.5. The van der Waals surface area contributed by atoms with Crippen LogP contribution in [-0.4, -0.2) is 44.4 Å². The molecule has 0 aliphatic heterocycles. The lowest BCUT2D eigenvalue weighted by molar-refractivity contribution is -0.128. The molecule has 1 heterocycles. The minimum Gasteiger partial charge on any atom is -0.342 e. The maximum Gasteiger partial charge on any atom is 0.233 e. The highest BCUT2D eigenvalue weighted by Crippen LogP contribution is 2.18. The molecular formula is C18H26N4OS. The van der Waals surface area contributed by atoms with Crippen LogP contribution >= 0.6 is 11.8 Å². The van der Waals surface area contributed by atoms with Crippen LogP contribution < -0.4 is 0 Å². The van der Waals surface area contributed by atoms with Crippen molar-refractivity contribution in [2.45, 2.75) is 38.3 Å². The van der Waals surface area contributed by atoms with Gasteiger partial charge in [-0.1, -0.05) is 55.9 Å². The van der Waals surface area contributed by atoms with E-state index in [4.69, 9.17) is 0 Å². The zero-order valence-electron chi connectivity index (χ0n) is 14.7. The molecule has 0 spiro atoms. The highest BCUT2D eigenvalue weighted by molar-refractivity contribution is 7.99. The van der Waals surface area contributed by atoms with Crippen molar-refractivity contribution in [2.75, 3.05) is 18.8 Å². The van der Waals surface area contributed by atoms with Gasteiger partial charge < -0.3 is 9.47 Å². The standard InChI is InChI=1S/C18H26N4OS/c1-4-11-22(12-5-2)17(23)14-24-18-20-19-16(21(18)3)13-15-9-7-6-8-10-15/h6-10H,4-5,11-14H2,1-3H3. The molecule has 6 heteroatoms. The Bertz CT molecular complexity index is 636. The van der Waals surface area contributed by atoms with Crippen molar-refractivity contribution >= 4 is 17.7 Å². The van der Waals surface area contributed by atoms with Crippen molar-refractivity contribution < 1.29 is 4.79 Å². The van der Waals surface area contributed by atoms with Crippen LogP contribution in [0.25, 0.3) is 0 Å². The fourth-order valence-corrected chi connectivity index (χ4v) is 3.35. The molecule has 0 saturated carbocycles. The Kier molecular flexibility index (Phi) is 7.31. The van der Waals surface area contributed by atoms with Crippen molar-refractivity contribution in [1.82, 2.24) is 19.7 Å². The summed E-state index contributed by atoms with van der Waals surface area (Å²) < 4.78 is 1.98. The largest absolute Gasteiger partial charge is 0.342 e. The zero-order chi connectivity index (χ0) is 17.4. The first-order chi connectivity index (χ1) is 11.7. The number of hydrogen-bond donors (Lipinski definition) is 0. The minimum absolute atomic E-state index is 0.177. The van der Waals surface area contributed by atoms with Gasteiger partial charge >= 0.3 is 0 Å². The average Bonchev–Trinajstić information content (AvgIpc) is 2.93. The molecule has 5 nitrogen and oxygen atoms in total. The van der Waals surface area contributed by atoms with Gasteiger partial charge in [-0.3, -0.25) is 4.79 Å². The molecule has 2 aromatic rings. The molecule has 0 fully saturated rings. The molecule has 2 rings (SSSR count). The van der Waals surface area contributed by atoms with Crippen LogP contribution in [0.4, 0.5) is 0 Å². The number of benzene rings is 1. The Morgan fingerprint density at radius 1 is 1.12 bits per heavy atom. The summed E-state index contributed by atoms with van der Waals surface area (Å²) in [6.07, 6.45) is 2.72. The molecule has 1 aromatic carbocycles. The number of rotatable bonds is 9. The van der Waals surface area contributed by atoms with E-state index in [1.165, 1.54) is 17.3 Å². The molecule has 0 saturated heterocycles. The van der Waals surface area contributed by atoms with Crippen molar-refractivity contribution in [3.8, 4) is 0 Å². The van der Waals surface area contributed by atoms with Gasteiger partial charge in [-0.2, -0.15) is 0 Å². The molecule has 0 bridgehead atoms. The van der Waals surface area contributed by atoms with E-state index in [-0.39, 0.29) is 5.91 Å². The summed E-state index contributed by atoms with van der Waals surface area (Å²) >= 11 is 1.46. The van der Waals surface area contributed by atoms with Crippen molar-refractivity contribution in [3.05, 3.63) is 41.7 Å². The molecular weight excluding hydrogens is 320 g/mol. The second-order valence-corrected chi connectivity index (χ2v) is 6.73. The Hall–Kier alpha value is -1.82. The first-order valence-corrected chi connectivity index (χ1v) is 9.47. The van der Waals surface area contributed by atoms with Crippen molar-refractivity contribution in [3.63, 3.8) is 0 Å². The topological polar surface area (TPSA) is 51.0 Å². The summed E-state index contributed by atoms with van der Waals surface area (Å²) in [6.45, 7) is 5.85. The van der Waals surface area contributed by atoms with Gasteiger partial charge in [-0.25, -0.2) is 0 Å². The molecule has 0 N–H and O–H groups in total. The number of hydrogen-bond acceptors (Lipinski definition) is 4. The van der Waals surface area contributed by atoms with Crippen LogP contribution in [0.15, 0.2) is 35.5 Å². The fraction of sp³-hybridized carbons (Fsp3) is 0.500. The Morgan fingerprint density at radius 2 is 1.79 bits per heavy atom. The van der Waals surface area contributed by atoms with Crippen LogP contribution in [0.5, 0.6) is 0 Å². The van der Waals surface area contributed by atoms with Gasteiger partial charge in [0.05, 0.1) is 5.75 Å². The summed E-state index contributed by atoms with van der Waals surface area (Å²) in [5.41, 5.74) is 1.21. The Morgan fingerprint density at radius 3 is 2.42 bits per heavy atom. The third kappa shape index (κ3) is 5.09. The van der Waals surface area contributed by atoms with Crippen molar-refractivity contribution in [2.24, 2.45) is 7.05 Å². The van der Waals surface area contributed by atoms with Gasteiger partial charge in [0.1, 0.15) is 5.82 Å². The van der Waals surface area contributed by atoms with E-state index >= 15 is 0 Å². The summed E-state index contributed by atoms with van der Waals surface area (Å²) in [5.74, 6) is 1.50. The Labute approximate surface area is 148 Å². The highest BCUT2D eigenvalue weighted by atomic mass is 32.2. The third-order valence-electron chi connectivity index (χ3n) is 3.79. The molecule has 130 valence electrons. The predicted octanol–water partition coefficient (Wildman–Crippen LogP) is 3.15. The molecule has 0 radical (unpaired) electrons. The lowest BCUT2D eigenvalue weighted by Gasteiger charge is -2.21. The van der Waals surface area contributed by atoms with E-state index in [1.807, 2.05) is 34.7 Å². The van der Waals surface area contributed by atoms with Gasteiger partial charge in [-0.15, -0.1) is 10.2 Å². The van der Waals surface area contributed by atoms with Gasteiger partial charge in [0, 0.05) is 26.6 Å². The smallest absolute Gasteiger partial charge is 0.233 e. The quantitative estimate of drug-likeness (QED) is 0.655. The molecule has 1 aromatic heterocycles. The SMILES string of the molecule is CCCN(CCC)C(=O)CSc1nnc(Cc2ccccc2)n1C. The minimum atomic E-state index is 0.177. The lowest BCUT2D eigenvalue weighted by Crippen LogP contribution is -2.33. The zero-order valence-corrected chi connectivity index (χ0v) is 15.6. The second kappa shape index (κ2) is 9.47. The summed E-state index contributed by atoms with van der Waals surface area (Å²) in [5, 5.41) is 9.31. The number of aromatic nitrogens is 3. The first-order valence-electron chi connectivity index (χ1n) is 8.48. The summed E-state index contributed by atoms with van der Waals surface area (Å²) in [4.78, 5) is 14.3. The Balaban J connectivity index is 1.95. The van der Waals surface area contributed by atoms with Gasteiger partial charge in [0.15, 0.2) is 5.16 Å². The van der Waals surface area contributed by atoms with Gasteiger partial charge in [0.2, 0.25) is 5.91 Å². The molecule has 24 heavy (non-hydrogen) atoms. The lowest BCUT2D eigenvalue weighted by atomic mass is 10.1. The van der Waals surface area contributed by atoms with E-state index in [0.29, 0.717) is 5.75 Å². The van der Waals surface area contributed by atoms with E-state index in [0.717, 1.165) is 43.3 Å². The van der Waals surface area contributed by atoms with Gasteiger partial charge in [-0.05, 0) is 18.4 Å². The number of thioether (sulfide) groups is 1. The molecule has 0 aliphatic rings. The average molecular weight is 346 g/mol. The molecule has 0 atom stereocenters.